The average molecular weight is 310 g/mol. The molecule has 1 aromatic rings. The van der Waals surface area contributed by atoms with Gasteiger partial charge in [0.1, 0.15) is 0 Å². The second kappa shape index (κ2) is 8.30. The third-order valence-corrected chi connectivity index (χ3v) is 5.71. The molecule has 1 aliphatic rings. The van der Waals surface area contributed by atoms with Gasteiger partial charge in [-0.2, -0.15) is 0 Å². The molecule has 0 aliphatic heterocycles. The standard InChI is InChI=1S/C18H31NOS/c1-4-12-19-17(14-16-7-6-13-21-16)18(20-5-2)10-8-15(3)9-11-18/h6-7,13,15,17,19H,4-5,8-12,14H2,1-3H3. The zero-order valence-electron chi connectivity index (χ0n) is 13.9. The predicted molar refractivity (Wildman–Crippen MR) is 92.1 cm³/mol. The van der Waals surface area contributed by atoms with Gasteiger partial charge in [0.05, 0.1) is 5.60 Å². The number of thiophene rings is 1. The lowest BCUT2D eigenvalue weighted by atomic mass is 9.74. The van der Waals surface area contributed by atoms with Crippen LogP contribution in [-0.4, -0.2) is 24.8 Å². The van der Waals surface area contributed by atoms with Gasteiger partial charge in [-0.15, -0.1) is 11.3 Å². The van der Waals surface area contributed by atoms with Crippen LogP contribution in [0.3, 0.4) is 0 Å². The van der Waals surface area contributed by atoms with Gasteiger partial charge in [-0.1, -0.05) is 19.9 Å². The van der Waals surface area contributed by atoms with Crippen LogP contribution in [0.25, 0.3) is 0 Å². The molecule has 0 spiro atoms. The minimum Gasteiger partial charge on any atom is -0.374 e. The Balaban J connectivity index is 2.13. The first-order valence-corrected chi connectivity index (χ1v) is 9.48. The van der Waals surface area contributed by atoms with Gasteiger partial charge in [-0.3, -0.25) is 0 Å². The highest BCUT2D eigenvalue weighted by molar-refractivity contribution is 7.09. The predicted octanol–water partition coefficient (Wildman–Crippen LogP) is 4.64. The highest BCUT2D eigenvalue weighted by Gasteiger charge is 2.41. The van der Waals surface area contributed by atoms with Gasteiger partial charge < -0.3 is 10.1 Å². The number of ether oxygens (including phenoxy) is 1. The Morgan fingerprint density at radius 3 is 2.71 bits per heavy atom. The lowest BCUT2D eigenvalue weighted by Crippen LogP contribution is -2.55. The fourth-order valence-corrected chi connectivity index (χ4v) is 4.28. The SMILES string of the molecule is CCCNC(Cc1cccs1)C1(OCC)CCC(C)CC1. The Morgan fingerprint density at radius 1 is 1.38 bits per heavy atom. The molecular formula is C18H31NOS. The molecule has 0 amide bonds. The van der Waals surface area contributed by atoms with Crippen molar-refractivity contribution < 1.29 is 4.74 Å². The van der Waals surface area contributed by atoms with Gasteiger partial charge in [-0.25, -0.2) is 0 Å². The van der Waals surface area contributed by atoms with Crippen molar-refractivity contribution in [3.05, 3.63) is 22.4 Å². The molecule has 1 fully saturated rings. The van der Waals surface area contributed by atoms with Crippen molar-refractivity contribution >= 4 is 11.3 Å². The van der Waals surface area contributed by atoms with Gasteiger partial charge >= 0.3 is 0 Å². The Hall–Kier alpha value is -0.380. The van der Waals surface area contributed by atoms with Crippen molar-refractivity contribution in [2.45, 2.75) is 70.9 Å². The number of hydrogen-bond donors (Lipinski definition) is 1. The quantitative estimate of drug-likeness (QED) is 0.755. The van der Waals surface area contributed by atoms with Crippen LogP contribution >= 0.6 is 11.3 Å². The smallest absolute Gasteiger partial charge is 0.0838 e. The molecule has 0 aromatic carbocycles. The summed E-state index contributed by atoms with van der Waals surface area (Å²) in [4.78, 5) is 1.47. The van der Waals surface area contributed by atoms with Crippen LogP contribution < -0.4 is 5.32 Å². The number of nitrogens with one attached hydrogen (secondary N) is 1. The first kappa shape index (κ1) is 17.0. The van der Waals surface area contributed by atoms with Crippen molar-refractivity contribution in [1.82, 2.24) is 5.32 Å². The topological polar surface area (TPSA) is 21.3 Å². The maximum absolute atomic E-state index is 6.37. The lowest BCUT2D eigenvalue weighted by Gasteiger charge is -2.45. The van der Waals surface area contributed by atoms with Gasteiger partial charge in [0, 0.05) is 17.5 Å². The van der Waals surface area contributed by atoms with E-state index in [-0.39, 0.29) is 5.60 Å². The van der Waals surface area contributed by atoms with E-state index in [1.807, 2.05) is 11.3 Å². The zero-order chi connectivity index (χ0) is 15.1. The molecule has 1 N–H and O–H groups in total. The fourth-order valence-electron chi connectivity index (χ4n) is 3.52. The molecule has 120 valence electrons. The second-order valence-corrected chi connectivity index (χ2v) is 7.50. The summed E-state index contributed by atoms with van der Waals surface area (Å²) >= 11 is 1.87. The minimum absolute atomic E-state index is 0.0421. The van der Waals surface area contributed by atoms with Crippen LogP contribution in [0.15, 0.2) is 17.5 Å². The molecule has 1 aromatic heterocycles. The summed E-state index contributed by atoms with van der Waals surface area (Å²) in [6.07, 6.45) is 7.29. The molecule has 2 nitrogen and oxygen atoms in total. The monoisotopic (exact) mass is 309 g/mol. The van der Waals surface area contributed by atoms with E-state index in [1.54, 1.807) is 0 Å². The summed E-state index contributed by atoms with van der Waals surface area (Å²) in [5, 5.41) is 5.98. The molecule has 1 atom stereocenters. The van der Waals surface area contributed by atoms with Gasteiger partial charge in [0.25, 0.3) is 0 Å². The van der Waals surface area contributed by atoms with E-state index in [9.17, 15) is 0 Å². The molecule has 1 unspecified atom stereocenters. The van der Waals surface area contributed by atoms with Gasteiger partial charge in [0.15, 0.2) is 0 Å². The van der Waals surface area contributed by atoms with Crippen LogP contribution in [0.4, 0.5) is 0 Å². The Labute approximate surface area is 134 Å². The Morgan fingerprint density at radius 2 is 2.14 bits per heavy atom. The van der Waals surface area contributed by atoms with Crippen LogP contribution in [0, 0.1) is 5.92 Å². The van der Waals surface area contributed by atoms with Crippen molar-refractivity contribution in [2.24, 2.45) is 5.92 Å². The Bertz CT molecular complexity index is 382. The van der Waals surface area contributed by atoms with Gasteiger partial charge in [-0.05, 0) is 69.4 Å². The molecule has 1 heterocycles. The highest BCUT2D eigenvalue weighted by Crippen LogP contribution is 2.38. The van der Waals surface area contributed by atoms with Crippen LogP contribution in [-0.2, 0) is 11.2 Å². The van der Waals surface area contributed by atoms with Crippen LogP contribution in [0.2, 0.25) is 0 Å². The summed E-state index contributed by atoms with van der Waals surface area (Å²) < 4.78 is 6.37. The van der Waals surface area contributed by atoms with Crippen LogP contribution in [0.5, 0.6) is 0 Å². The van der Waals surface area contributed by atoms with Gasteiger partial charge in [0.2, 0.25) is 0 Å². The first-order valence-electron chi connectivity index (χ1n) is 8.60. The molecular weight excluding hydrogens is 278 g/mol. The van der Waals surface area contributed by atoms with E-state index in [0.717, 1.165) is 25.5 Å². The largest absolute Gasteiger partial charge is 0.374 e. The minimum atomic E-state index is 0.0421. The molecule has 1 saturated carbocycles. The molecule has 1 aliphatic carbocycles. The van der Waals surface area contributed by atoms with E-state index in [2.05, 4.69) is 43.6 Å². The fraction of sp³-hybridized carbons (Fsp3) is 0.778. The maximum Gasteiger partial charge on any atom is 0.0838 e. The van der Waals surface area contributed by atoms with E-state index in [1.165, 1.54) is 37.0 Å². The summed E-state index contributed by atoms with van der Waals surface area (Å²) in [7, 11) is 0. The van der Waals surface area contributed by atoms with Crippen molar-refractivity contribution in [1.29, 1.82) is 0 Å². The summed E-state index contributed by atoms with van der Waals surface area (Å²) in [5.74, 6) is 0.854. The van der Waals surface area contributed by atoms with Crippen LogP contribution in [0.1, 0.15) is 57.8 Å². The number of rotatable bonds is 8. The van der Waals surface area contributed by atoms with E-state index in [4.69, 9.17) is 4.74 Å². The van der Waals surface area contributed by atoms with E-state index in [0.29, 0.717) is 6.04 Å². The zero-order valence-corrected chi connectivity index (χ0v) is 14.7. The van der Waals surface area contributed by atoms with Crippen molar-refractivity contribution in [3.8, 4) is 0 Å². The number of hydrogen-bond acceptors (Lipinski definition) is 3. The first-order chi connectivity index (χ1) is 10.2. The maximum atomic E-state index is 6.37. The van der Waals surface area contributed by atoms with Crippen molar-refractivity contribution in [2.75, 3.05) is 13.2 Å². The molecule has 21 heavy (non-hydrogen) atoms. The average Bonchev–Trinajstić information content (AvgIpc) is 2.99. The lowest BCUT2D eigenvalue weighted by molar-refractivity contribution is -0.0958. The van der Waals surface area contributed by atoms with Crippen molar-refractivity contribution in [3.63, 3.8) is 0 Å². The molecule has 3 heteroatoms. The normalized spacial score (nSPS) is 27.7. The molecule has 0 radical (unpaired) electrons. The molecule has 0 saturated heterocycles. The summed E-state index contributed by atoms with van der Waals surface area (Å²) in [6, 6.07) is 4.87. The highest BCUT2D eigenvalue weighted by atomic mass is 32.1. The third-order valence-electron chi connectivity index (χ3n) is 4.81. The van der Waals surface area contributed by atoms with E-state index < -0.39 is 0 Å². The molecule has 2 rings (SSSR count). The summed E-state index contributed by atoms with van der Waals surface area (Å²) in [6.45, 7) is 8.67. The van der Waals surface area contributed by atoms with E-state index >= 15 is 0 Å². The summed E-state index contributed by atoms with van der Waals surface area (Å²) in [5.41, 5.74) is 0.0421. The third kappa shape index (κ3) is 4.54. The Kier molecular flexibility index (Phi) is 6.72. The second-order valence-electron chi connectivity index (χ2n) is 6.47. The molecule has 0 bridgehead atoms.